The third-order valence-electron chi connectivity index (χ3n) is 4.23. The van der Waals surface area contributed by atoms with E-state index < -0.39 is 0 Å². The van der Waals surface area contributed by atoms with E-state index in [1.165, 1.54) is 11.8 Å². The molecular weight excluding hydrogens is 322 g/mol. The van der Waals surface area contributed by atoms with E-state index in [2.05, 4.69) is 31.9 Å². The zero-order chi connectivity index (χ0) is 16.7. The minimum atomic E-state index is 0.0824. The molecule has 1 amide bonds. The van der Waals surface area contributed by atoms with Gasteiger partial charge in [0.25, 0.3) is 0 Å². The number of nitrogens with zero attached hydrogens (tertiary/aromatic N) is 4. The van der Waals surface area contributed by atoms with E-state index in [-0.39, 0.29) is 5.91 Å². The largest absolute Gasteiger partial charge is 0.360 e. The first-order chi connectivity index (χ1) is 11.6. The molecule has 0 aliphatic heterocycles. The Labute approximate surface area is 144 Å². The molecule has 3 aromatic rings. The molecule has 124 valence electrons. The first kappa shape index (κ1) is 15.3. The van der Waals surface area contributed by atoms with Gasteiger partial charge in [-0.25, -0.2) is 0 Å². The fraction of sp³-hybridized carbons (Fsp3) is 0.353. The Balaban J connectivity index is 1.70. The van der Waals surface area contributed by atoms with Crippen molar-refractivity contribution in [1.82, 2.24) is 24.6 Å². The number of hydrogen-bond donors (Lipinski definition) is 1. The maximum Gasteiger partial charge on any atom is 0.232 e. The highest BCUT2D eigenvalue weighted by molar-refractivity contribution is 7.99. The lowest BCUT2D eigenvalue weighted by Gasteiger charge is -2.11. The molecule has 1 N–H and O–H groups in total. The quantitative estimate of drug-likeness (QED) is 0.725. The summed E-state index contributed by atoms with van der Waals surface area (Å²) >= 11 is 1.46. The van der Waals surface area contributed by atoms with Gasteiger partial charge >= 0.3 is 0 Å². The number of aromatic amines is 1. The molecule has 0 bridgehead atoms. The minimum absolute atomic E-state index is 0.0824. The van der Waals surface area contributed by atoms with Gasteiger partial charge in [0, 0.05) is 42.8 Å². The zero-order valence-electron chi connectivity index (χ0n) is 13.7. The van der Waals surface area contributed by atoms with Crippen LogP contribution < -0.4 is 0 Å². The van der Waals surface area contributed by atoms with E-state index >= 15 is 0 Å². The van der Waals surface area contributed by atoms with E-state index in [4.69, 9.17) is 0 Å². The second-order valence-corrected chi connectivity index (χ2v) is 7.17. The lowest BCUT2D eigenvalue weighted by Crippen LogP contribution is -2.23. The van der Waals surface area contributed by atoms with E-state index in [0.29, 0.717) is 11.8 Å². The fourth-order valence-electron chi connectivity index (χ4n) is 2.73. The molecule has 0 unspecified atom stereocenters. The van der Waals surface area contributed by atoms with Gasteiger partial charge in [0.1, 0.15) is 0 Å². The molecule has 4 rings (SSSR count). The van der Waals surface area contributed by atoms with Gasteiger partial charge in [-0.15, -0.1) is 10.2 Å². The predicted molar refractivity (Wildman–Crippen MR) is 95.0 cm³/mol. The average Bonchev–Trinajstić information content (AvgIpc) is 3.19. The number of rotatable bonds is 5. The van der Waals surface area contributed by atoms with Crippen LogP contribution in [0.3, 0.4) is 0 Å². The van der Waals surface area contributed by atoms with Crippen LogP contribution in [-0.2, 0) is 4.79 Å². The summed E-state index contributed by atoms with van der Waals surface area (Å²) in [6.45, 7) is 0. The number of carbonyl (C=O) groups excluding carboxylic acids is 1. The highest BCUT2D eigenvalue weighted by Gasteiger charge is 2.31. The molecule has 0 spiro atoms. The van der Waals surface area contributed by atoms with Gasteiger partial charge in [-0.05, 0) is 18.9 Å². The van der Waals surface area contributed by atoms with Crippen LogP contribution in [0, 0.1) is 0 Å². The van der Waals surface area contributed by atoms with Gasteiger partial charge in [-0.2, -0.15) is 0 Å². The molecule has 2 aromatic heterocycles. The Hall–Kier alpha value is -2.28. The molecule has 1 aromatic carbocycles. The van der Waals surface area contributed by atoms with Crippen molar-refractivity contribution in [3.8, 4) is 11.4 Å². The summed E-state index contributed by atoms with van der Waals surface area (Å²) in [7, 11) is 3.54. The third kappa shape index (κ3) is 2.69. The maximum absolute atomic E-state index is 11.9. The Bertz CT molecular complexity index is 893. The lowest BCUT2D eigenvalue weighted by atomic mass is 10.1. The van der Waals surface area contributed by atoms with Crippen LogP contribution in [0.4, 0.5) is 0 Å². The van der Waals surface area contributed by atoms with Gasteiger partial charge in [0.05, 0.1) is 5.75 Å². The summed E-state index contributed by atoms with van der Waals surface area (Å²) in [5.74, 6) is 1.35. The predicted octanol–water partition coefficient (Wildman–Crippen LogP) is 2.94. The number of amides is 1. The molecule has 0 saturated heterocycles. The lowest BCUT2D eigenvalue weighted by molar-refractivity contribution is -0.125. The number of thioether (sulfide) groups is 1. The number of carbonyl (C=O) groups is 1. The molecule has 1 aliphatic rings. The number of para-hydroxylation sites is 1. The van der Waals surface area contributed by atoms with E-state index in [9.17, 15) is 4.79 Å². The van der Waals surface area contributed by atoms with Gasteiger partial charge in [-0.3, -0.25) is 9.36 Å². The van der Waals surface area contributed by atoms with E-state index in [1.807, 2.05) is 18.3 Å². The summed E-state index contributed by atoms with van der Waals surface area (Å²) < 4.78 is 2.20. The van der Waals surface area contributed by atoms with Gasteiger partial charge in [-0.1, -0.05) is 30.0 Å². The number of aromatic nitrogens is 4. The van der Waals surface area contributed by atoms with Crippen LogP contribution in [-0.4, -0.2) is 50.4 Å². The Morgan fingerprint density at radius 3 is 2.88 bits per heavy atom. The van der Waals surface area contributed by atoms with Gasteiger partial charge < -0.3 is 9.88 Å². The SMILES string of the molecule is CN(C)C(=O)CSc1nnc(-c2c[nH]c3ccccc23)n1C1CC1. The average molecular weight is 341 g/mol. The number of benzene rings is 1. The van der Waals surface area contributed by atoms with Crippen LogP contribution in [0.5, 0.6) is 0 Å². The molecule has 1 saturated carbocycles. The molecule has 2 heterocycles. The van der Waals surface area contributed by atoms with Crippen molar-refractivity contribution in [2.75, 3.05) is 19.8 Å². The molecule has 1 aliphatic carbocycles. The van der Waals surface area contributed by atoms with Crippen molar-refractivity contribution in [2.24, 2.45) is 0 Å². The molecule has 0 radical (unpaired) electrons. The monoisotopic (exact) mass is 341 g/mol. The fourth-order valence-corrected chi connectivity index (χ4v) is 3.72. The summed E-state index contributed by atoms with van der Waals surface area (Å²) in [5, 5.41) is 10.8. The van der Waals surface area contributed by atoms with Gasteiger partial charge in [0.15, 0.2) is 11.0 Å². The second-order valence-electron chi connectivity index (χ2n) is 6.23. The Morgan fingerprint density at radius 1 is 1.33 bits per heavy atom. The summed E-state index contributed by atoms with van der Waals surface area (Å²) in [6.07, 6.45) is 4.28. The molecule has 7 heteroatoms. The molecular formula is C17H19N5OS. The highest BCUT2D eigenvalue weighted by atomic mass is 32.2. The zero-order valence-corrected chi connectivity index (χ0v) is 14.5. The molecule has 24 heavy (non-hydrogen) atoms. The summed E-state index contributed by atoms with van der Waals surface area (Å²) in [4.78, 5) is 16.8. The van der Waals surface area contributed by atoms with Crippen molar-refractivity contribution in [3.63, 3.8) is 0 Å². The van der Waals surface area contributed by atoms with Crippen LogP contribution in [0.15, 0.2) is 35.6 Å². The number of nitrogens with one attached hydrogen (secondary N) is 1. The van der Waals surface area contributed by atoms with E-state index in [1.54, 1.807) is 19.0 Å². The second kappa shape index (κ2) is 5.98. The topological polar surface area (TPSA) is 66.8 Å². The first-order valence-corrected chi connectivity index (χ1v) is 8.98. The Morgan fingerprint density at radius 2 is 2.12 bits per heavy atom. The van der Waals surface area contributed by atoms with Crippen LogP contribution >= 0.6 is 11.8 Å². The molecule has 0 atom stereocenters. The molecule has 6 nitrogen and oxygen atoms in total. The highest BCUT2D eigenvalue weighted by Crippen LogP contribution is 2.42. The standard InChI is InChI=1S/C17H19N5OS/c1-21(2)15(23)10-24-17-20-19-16(22(17)11-7-8-11)13-9-18-14-6-4-3-5-12(13)14/h3-6,9,11,18H,7-8,10H2,1-2H3. The van der Waals surface area contributed by atoms with Crippen molar-refractivity contribution in [3.05, 3.63) is 30.5 Å². The van der Waals surface area contributed by atoms with Crippen molar-refractivity contribution >= 4 is 28.6 Å². The minimum Gasteiger partial charge on any atom is -0.360 e. The normalized spacial score (nSPS) is 14.2. The van der Waals surface area contributed by atoms with Crippen LogP contribution in [0.25, 0.3) is 22.3 Å². The number of fused-ring (bicyclic) bond motifs is 1. The number of hydrogen-bond acceptors (Lipinski definition) is 4. The first-order valence-electron chi connectivity index (χ1n) is 7.99. The van der Waals surface area contributed by atoms with Crippen molar-refractivity contribution in [2.45, 2.75) is 24.0 Å². The summed E-state index contributed by atoms with van der Waals surface area (Å²) in [5.41, 5.74) is 2.16. The molecule has 1 fully saturated rings. The summed E-state index contributed by atoms with van der Waals surface area (Å²) in [6, 6.07) is 8.64. The third-order valence-corrected chi connectivity index (χ3v) is 5.16. The van der Waals surface area contributed by atoms with Crippen LogP contribution in [0.2, 0.25) is 0 Å². The smallest absolute Gasteiger partial charge is 0.232 e. The maximum atomic E-state index is 11.9. The Kier molecular flexibility index (Phi) is 3.80. The number of H-pyrrole nitrogens is 1. The van der Waals surface area contributed by atoms with Gasteiger partial charge in [0.2, 0.25) is 5.91 Å². The van der Waals surface area contributed by atoms with Crippen molar-refractivity contribution in [1.29, 1.82) is 0 Å². The van der Waals surface area contributed by atoms with Crippen molar-refractivity contribution < 1.29 is 4.79 Å². The van der Waals surface area contributed by atoms with E-state index in [0.717, 1.165) is 40.3 Å². The van der Waals surface area contributed by atoms with Crippen LogP contribution in [0.1, 0.15) is 18.9 Å².